The zero-order valence-electron chi connectivity index (χ0n) is 19.1. The molecule has 2 aliphatic rings. The lowest BCUT2D eigenvalue weighted by atomic mass is 9.89. The van der Waals surface area contributed by atoms with E-state index in [4.69, 9.17) is 26.1 Å². The van der Waals surface area contributed by atoms with Gasteiger partial charge in [0.2, 0.25) is 11.8 Å². The number of rotatable bonds is 7. The van der Waals surface area contributed by atoms with Gasteiger partial charge in [-0.25, -0.2) is 9.97 Å². The van der Waals surface area contributed by atoms with Gasteiger partial charge in [-0.15, -0.1) is 0 Å². The van der Waals surface area contributed by atoms with Crippen LogP contribution in [0.3, 0.4) is 0 Å². The van der Waals surface area contributed by atoms with Crippen molar-refractivity contribution in [3.8, 4) is 5.88 Å². The van der Waals surface area contributed by atoms with Crippen molar-refractivity contribution in [3.05, 3.63) is 41.2 Å². The molecule has 4 atom stereocenters. The van der Waals surface area contributed by atoms with Gasteiger partial charge in [0.15, 0.2) is 17.4 Å². The summed E-state index contributed by atoms with van der Waals surface area (Å²) in [4.78, 5) is 13.5. The van der Waals surface area contributed by atoms with Gasteiger partial charge in [-0.05, 0) is 43.4 Å². The third-order valence-electron chi connectivity index (χ3n) is 6.74. The molecular formula is C24H30ClN5O4. The van der Waals surface area contributed by atoms with Gasteiger partial charge in [0, 0.05) is 11.6 Å². The first-order valence-electron chi connectivity index (χ1n) is 11.9. The fourth-order valence-corrected chi connectivity index (χ4v) is 4.89. The van der Waals surface area contributed by atoms with Crippen LogP contribution in [0.5, 0.6) is 5.88 Å². The number of aliphatic hydroxyl groups is 2. The van der Waals surface area contributed by atoms with Crippen LogP contribution in [0.15, 0.2) is 30.6 Å². The van der Waals surface area contributed by atoms with Crippen molar-refractivity contribution in [1.29, 1.82) is 0 Å². The summed E-state index contributed by atoms with van der Waals surface area (Å²) in [7, 11) is 0. The number of benzene rings is 1. The molecule has 2 aromatic heterocycles. The van der Waals surface area contributed by atoms with Crippen LogP contribution < -0.4 is 10.1 Å². The van der Waals surface area contributed by atoms with Crippen molar-refractivity contribution in [3.63, 3.8) is 0 Å². The standard InChI is InChI=1S/C24H30ClN5O4/c1-14-19(31)20(32)23(34-14)30-21-18(29-24(30)26-11-15-5-3-2-4-6-15)22(28-13-27-21)33-12-16-7-9-17(25)10-8-16/h7-10,13-15,19-20,23,31-32H,2-6,11-12H2,1H3,(H,26,29)/t14-,19-,20-,23-/m1/s1. The first-order chi connectivity index (χ1) is 16.5. The Bertz CT molecular complexity index is 1120. The van der Waals surface area contributed by atoms with Gasteiger partial charge >= 0.3 is 0 Å². The Morgan fingerprint density at radius 2 is 1.88 bits per heavy atom. The zero-order chi connectivity index (χ0) is 23.7. The highest BCUT2D eigenvalue weighted by Gasteiger charge is 2.43. The van der Waals surface area contributed by atoms with Crippen molar-refractivity contribution >= 4 is 28.7 Å². The number of aliphatic hydroxyl groups excluding tert-OH is 2. The number of fused-ring (bicyclic) bond motifs is 1. The Hall–Kier alpha value is -2.46. The number of halogens is 1. The van der Waals surface area contributed by atoms with E-state index in [1.165, 1.54) is 38.4 Å². The number of hydrogen-bond donors (Lipinski definition) is 3. The van der Waals surface area contributed by atoms with Gasteiger partial charge in [0.1, 0.15) is 25.1 Å². The Kier molecular flexibility index (Phi) is 6.87. The van der Waals surface area contributed by atoms with Crippen LogP contribution in [0.25, 0.3) is 11.2 Å². The van der Waals surface area contributed by atoms with Gasteiger partial charge < -0.3 is 25.0 Å². The Balaban J connectivity index is 1.46. The SMILES string of the molecule is C[C@H]1O[C@@H](n2c(NCC3CCCCC3)nc3c(OCc4ccc(Cl)cc4)ncnc32)[C@H](O)[C@@H]1O. The molecule has 0 spiro atoms. The van der Waals surface area contributed by atoms with Crippen molar-refractivity contribution in [1.82, 2.24) is 19.5 Å². The highest BCUT2D eigenvalue weighted by Crippen LogP contribution is 2.36. The maximum absolute atomic E-state index is 10.7. The predicted octanol–water partition coefficient (Wildman–Crippen LogP) is 3.69. The molecule has 3 heterocycles. The second-order valence-corrected chi connectivity index (χ2v) is 9.61. The lowest BCUT2D eigenvalue weighted by Crippen LogP contribution is -2.31. The first kappa shape index (κ1) is 23.3. The molecular weight excluding hydrogens is 458 g/mol. The minimum Gasteiger partial charge on any atom is -0.471 e. The van der Waals surface area contributed by atoms with E-state index in [0.717, 1.165) is 12.1 Å². The molecule has 3 N–H and O–H groups in total. The Morgan fingerprint density at radius 1 is 1.12 bits per heavy atom. The van der Waals surface area contributed by atoms with E-state index in [-0.39, 0.29) is 0 Å². The summed E-state index contributed by atoms with van der Waals surface area (Å²) < 4.78 is 13.6. The van der Waals surface area contributed by atoms with Crippen LogP contribution in [0, 0.1) is 5.92 Å². The first-order valence-corrected chi connectivity index (χ1v) is 12.2. The molecule has 3 aromatic rings. The second kappa shape index (κ2) is 10.0. The predicted molar refractivity (Wildman–Crippen MR) is 128 cm³/mol. The maximum Gasteiger partial charge on any atom is 0.245 e. The minimum atomic E-state index is -1.11. The van der Waals surface area contributed by atoms with Crippen LogP contribution >= 0.6 is 11.6 Å². The van der Waals surface area contributed by atoms with E-state index >= 15 is 0 Å². The highest BCUT2D eigenvalue weighted by atomic mass is 35.5. The third-order valence-corrected chi connectivity index (χ3v) is 6.99. The van der Waals surface area contributed by atoms with Crippen molar-refractivity contribution in [2.45, 2.75) is 70.2 Å². The van der Waals surface area contributed by atoms with Crippen molar-refractivity contribution < 1.29 is 19.7 Å². The van der Waals surface area contributed by atoms with Crippen LogP contribution in [0.4, 0.5) is 5.95 Å². The molecule has 5 rings (SSSR count). The fourth-order valence-electron chi connectivity index (χ4n) is 4.76. The average molecular weight is 488 g/mol. The summed E-state index contributed by atoms with van der Waals surface area (Å²) in [5.41, 5.74) is 1.88. The van der Waals surface area contributed by atoms with Crippen molar-refractivity contribution in [2.24, 2.45) is 5.92 Å². The smallest absolute Gasteiger partial charge is 0.245 e. The van der Waals surface area contributed by atoms with E-state index in [1.54, 1.807) is 11.5 Å². The normalized spacial score (nSPS) is 25.6. The molecule has 2 fully saturated rings. The number of imidazole rings is 1. The zero-order valence-corrected chi connectivity index (χ0v) is 19.9. The van der Waals surface area contributed by atoms with E-state index in [0.29, 0.717) is 40.5 Å². The molecule has 34 heavy (non-hydrogen) atoms. The quantitative estimate of drug-likeness (QED) is 0.462. The lowest BCUT2D eigenvalue weighted by Gasteiger charge is -2.24. The number of aromatic nitrogens is 4. The molecule has 1 aromatic carbocycles. The van der Waals surface area contributed by atoms with Crippen LogP contribution in [0.1, 0.15) is 50.8 Å². The second-order valence-electron chi connectivity index (χ2n) is 9.17. The largest absolute Gasteiger partial charge is 0.471 e. The Labute approximate surface area is 203 Å². The molecule has 1 saturated heterocycles. The summed E-state index contributed by atoms with van der Waals surface area (Å²) in [6, 6.07) is 7.40. The summed E-state index contributed by atoms with van der Waals surface area (Å²) in [6.07, 6.45) is 4.07. The molecule has 0 radical (unpaired) electrons. The highest BCUT2D eigenvalue weighted by molar-refractivity contribution is 6.30. The summed E-state index contributed by atoms with van der Waals surface area (Å²) >= 11 is 5.98. The lowest BCUT2D eigenvalue weighted by molar-refractivity contribution is -0.0287. The number of nitrogens with one attached hydrogen (secondary N) is 1. The molecule has 10 heteroatoms. The third kappa shape index (κ3) is 4.70. The maximum atomic E-state index is 10.7. The molecule has 1 aliphatic carbocycles. The van der Waals surface area contributed by atoms with Crippen LogP contribution in [-0.4, -0.2) is 54.6 Å². The molecule has 1 saturated carbocycles. The van der Waals surface area contributed by atoms with E-state index in [9.17, 15) is 10.2 Å². The summed E-state index contributed by atoms with van der Waals surface area (Å²) in [6.45, 7) is 2.79. The molecule has 1 aliphatic heterocycles. The number of hydrogen-bond acceptors (Lipinski definition) is 8. The van der Waals surface area contributed by atoms with Gasteiger partial charge in [-0.3, -0.25) is 4.57 Å². The fraction of sp³-hybridized carbons (Fsp3) is 0.542. The van der Waals surface area contributed by atoms with Gasteiger partial charge in [0.25, 0.3) is 0 Å². The topological polar surface area (TPSA) is 115 Å². The molecule has 0 unspecified atom stereocenters. The minimum absolute atomic E-state index is 0.291. The summed E-state index contributed by atoms with van der Waals surface area (Å²) in [5, 5.41) is 25.1. The van der Waals surface area contributed by atoms with Crippen LogP contribution in [0.2, 0.25) is 5.02 Å². The number of anilines is 1. The average Bonchev–Trinajstić information content (AvgIpc) is 3.35. The van der Waals surface area contributed by atoms with E-state index in [2.05, 4.69) is 15.3 Å². The van der Waals surface area contributed by atoms with E-state index in [1.807, 2.05) is 24.3 Å². The molecule has 0 bridgehead atoms. The van der Waals surface area contributed by atoms with Gasteiger partial charge in [-0.1, -0.05) is 43.0 Å². The molecule has 0 amide bonds. The Morgan fingerprint density at radius 3 is 2.59 bits per heavy atom. The number of nitrogens with zero attached hydrogens (tertiary/aromatic N) is 4. The van der Waals surface area contributed by atoms with Crippen LogP contribution in [-0.2, 0) is 11.3 Å². The summed E-state index contributed by atoms with van der Waals surface area (Å²) in [5.74, 6) is 1.41. The van der Waals surface area contributed by atoms with Crippen molar-refractivity contribution in [2.75, 3.05) is 11.9 Å². The molecule has 9 nitrogen and oxygen atoms in total. The molecule has 182 valence electrons. The number of ether oxygens (including phenoxy) is 2. The monoisotopic (exact) mass is 487 g/mol. The van der Waals surface area contributed by atoms with E-state index < -0.39 is 24.5 Å². The van der Waals surface area contributed by atoms with Gasteiger partial charge in [0.05, 0.1) is 6.10 Å². The van der Waals surface area contributed by atoms with Gasteiger partial charge in [-0.2, -0.15) is 4.98 Å².